The molecule has 1 aromatic carbocycles. The van der Waals surface area contributed by atoms with Crippen LogP contribution in [0.25, 0.3) is 0 Å². The molecule has 0 spiro atoms. The van der Waals surface area contributed by atoms with Gasteiger partial charge in [-0.1, -0.05) is 6.07 Å². The lowest BCUT2D eigenvalue weighted by molar-refractivity contribution is -0.385. The van der Waals surface area contributed by atoms with E-state index in [1.165, 1.54) is 0 Å². The van der Waals surface area contributed by atoms with Gasteiger partial charge in [0.25, 0.3) is 5.69 Å². The maximum Gasteiger partial charge on any atom is 0.416 e. The summed E-state index contributed by atoms with van der Waals surface area (Å²) in [6.45, 7) is 0. The Balaban J connectivity index is 2.29. The summed E-state index contributed by atoms with van der Waals surface area (Å²) < 4.78 is 37.5. The Morgan fingerprint density at radius 2 is 2.05 bits per heavy atom. The minimum atomic E-state index is -4.61. The van der Waals surface area contributed by atoms with E-state index in [2.05, 4.69) is 0 Å². The maximum absolute atomic E-state index is 12.5. The van der Waals surface area contributed by atoms with Crippen molar-refractivity contribution in [1.29, 1.82) is 0 Å². The smallest absolute Gasteiger partial charge is 0.392 e. The molecular weight excluding hydrogens is 263 g/mol. The number of hydrogen-bond donors (Lipinski definition) is 1. The van der Waals surface area contributed by atoms with Gasteiger partial charge in [-0.3, -0.25) is 10.1 Å². The fourth-order valence-corrected chi connectivity index (χ4v) is 1.96. The van der Waals surface area contributed by atoms with E-state index in [0.29, 0.717) is 6.07 Å². The van der Waals surface area contributed by atoms with Crippen molar-refractivity contribution in [2.45, 2.75) is 31.5 Å². The Bertz CT molecular complexity index is 497. The van der Waals surface area contributed by atoms with E-state index in [-0.39, 0.29) is 17.9 Å². The SMILES string of the molecule is O=[N+]([O-])c1cc(C(F)(F)F)ccc1CC(O)C1CC1. The molecule has 1 atom stereocenters. The molecule has 1 saturated carbocycles. The molecule has 1 fully saturated rings. The molecule has 1 aliphatic carbocycles. The molecule has 1 aliphatic rings. The predicted molar refractivity (Wildman–Crippen MR) is 60.5 cm³/mol. The largest absolute Gasteiger partial charge is 0.416 e. The molecule has 104 valence electrons. The Morgan fingerprint density at radius 1 is 1.42 bits per heavy atom. The van der Waals surface area contributed by atoms with Crippen LogP contribution in [-0.2, 0) is 12.6 Å². The van der Waals surface area contributed by atoms with Gasteiger partial charge in [0.15, 0.2) is 0 Å². The molecule has 0 aliphatic heterocycles. The summed E-state index contributed by atoms with van der Waals surface area (Å²) in [6.07, 6.45) is -3.61. The highest BCUT2D eigenvalue weighted by Gasteiger charge is 2.35. The number of nitro benzene ring substituents is 1. The van der Waals surface area contributed by atoms with Gasteiger partial charge < -0.3 is 5.11 Å². The quantitative estimate of drug-likeness (QED) is 0.678. The number of hydrogen-bond acceptors (Lipinski definition) is 3. The lowest BCUT2D eigenvalue weighted by atomic mass is 10.0. The summed E-state index contributed by atoms with van der Waals surface area (Å²) in [4.78, 5) is 9.98. The molecule has 0 bridgehead atoms. The Hall–Kier alpha value is -1.63. The molecule has 1 N–H and O–H groups in total. The molecule has 19 heavy (non-hydrogen) atoms. The van der Waals surface area contributed by atoms with Crippen LogP contribution < -0.4 is 0 Å². The summed E-state index contributed by atoms with van der Waals surface area (Å²) in [5, 5.41) is 20.6. The average Bonchev–Trinajstić information content (AvgIpc) is 3.11. The van der Waals surface area contributed by atoms with Crippen LogP contribution in [0.2, 0.25) is 0 Å². The first-order chi connectivity index (χ1) is 8.79. The van der Waals surface area contributed by atoms with E-state index in [1.54, 1.807) is 0 Å². The van der Waals surface area contributed by atoms with Gasteiger partial charge >= 0.3 is 6.18 Å². The van der Waals surface area contributed by atoms with E-state index < -0.39 is 28.5 Å². The number of alkyl halides is 3. The Morgan fingerprint density at radius 3 is 2.53 bits per heavy atom. The van der Waals surface area contributed by atoms with Crippen molar-refractivity contribution in [1.82, 2.24) is 0 Å². The molecule has 1 aromatic rings. The first-order valence-electron chi connectivity index (χ1n) is 5.81. The van der Waals surface area contributed by atoms with Gasteiger partial charge in [0.2, 0.25) is 0 Å². The molecule has 0 amide bonds. The van der Waals surface area contributed by atoms with Gasteiger partial charge in [0.1, 0.15) is 0 Å². The highest BCUT2D eigenvalue weighted by Crippen LogP contribution is 2.37. The van der Waals surface area contributed by atoms with Gasteiger partial charge in [-0.05, 0) is 24.8 Å². The Kier molecular flexibility index (Phi) is 3.49. The maximum atomic E-state index is 12.5. The van der Waals surface area contributed by atoms with Gasteiger partial charge in [-0.15, -0.1) is 0 Å². The molecule has 0 heterocycles. The monoisotopic (exact) mass is 275 g/mol. The van der Waals surface area contributed by atoms with Crippen molar-refractivity contribution in [2.75, 3.05) is 0 Å². The second-order valence-corrected chi connectivity index (χ2v) is 4.71. The van der Waals surface area contributed by atoms with Crippen LogP contribution in [-0.4, -0.2) is 16.1 Å². The third kappa shape index (κ3) is 3.23. The second kappa shape index (κ2) is 4.80. The zero-order valence-electron chi connectivity index (χ0n) is 9.85. The highest BCUT2D eigenvalue weighted by atomic mass is 19.4. The molecule has 0 radical (unpaired) electrons. The highest BCUT2D eigenvalue weighted by molar-refractivity contribution is 5.44. The third-order valence-electron chi connectivity index (χ3n) is 3.20. The fourth-order valence-electron chi connectivity index (χ4n) is 1.96. The molecule has 4 nitrogen and oxygen atoms in total. The van der Waals surface area contributed by atoms with Crippen LogP contribution in [0, 0.1) is 16.0 Å². The van der Waals surface area contributed by atoms with Crippen LogP contribution in [0.3, 0.4) is 0 Å². The van der Waals surface area contributed by atoms with Crippen LogP contribution in [0.4, 0.5) is 18.9 Å². The lowest BCUT2D eigenvalue weighted by Crippen LogP contribution is -2.14. The van der Waals surface area contributed by atoms with E-state index in [1.807, 2.05) is 0 Å². The van der Waals surface area contributed by atoms with Crippen LogP contribution >= 0.6 is 0 Å². The zero-order valence-corrected chi connectivity index (χ0v) is 9.85. The summed E-state index contributed by atoms with van der Waals surface area (Å²) in [6, 6.07) is 2.41. The average molecular weight is 275 g/mol. The minimum absolute atomic E-state index is 0.0130. The van der Waals surface area contributed by atoms with Crippen molar-refractivity contribution < 1.29 is 23.2 Å². The van der Waals surface area contributed by atoms with Crippen molar-refractivity contribution in [3.05, 3.63) is 39.4 Å². The second-order valence-electron chi connectivity index (χ2n) is 4.71. The van der Waals surface area contributed by atoms with E-state index in [4.69, 9.17) is 0 Å². The van der Waals surface area contributed by atoms with E-state index >= 15 is 0 Å². The molecule has 0 saturated heterocycles. The van der Waals surface area contributed by atoms with Crippen LogP contribution in [0.1, 0.15) is 24.0 Å². The number of aliphatic hydroxyl groups excluding tert-OH is 1. The van der Waals surface area contributed by atoms with Crippen molar-refractivity contribution in [3.8, 4) is 0 Å². The summed E-state index contributed by atoms with van der Waals surface area (Å²) in [5.41, 5.74) is -1.50. The number of nitro groups is 1. The van der Waals surface area contributed by atoms with Crippen molar-refractivity contribution >= 4 is 5.69 Å². The molecule has 0 aromatic heterocycles. The molecule has 2 rings (SSSR count). The minimum Gasteiger partial charge on any atom is -0.392 e. The van der Waals surface area contributed by atoms with Crippen molar-refractivity contribution in [2.24, 2.45) is 5.92 Å². The fraction of sp³-hybridized carbons (Fsp3) is 0.500. The van der Waals surface area contributed by atoms with Crippen LogP contribution in [0.15, 0.2) is 18.2 Å². The normalized spacial score (nSPS) is 17.3. The lowest BCUT2D eigenvalue weighted by Gasteiger charge is -2.11. The number of nitrogens with zero attached hydrogens (tertiary/aromatic N) is 1. The summed E-state index contributed by atoms with van der Waals surface area (Å²) >= 11 is 0. The predicted octanol–water partition coefficient (Wildman–Crippen LogP) is 2.93. The topological polar surface area (TPSA) is 63.4 Å². The Labute approximate surface area is 107 Å². The molecular formula is C12H12F3NO3. The van der Waals surface area contributed by atoms with E-state index in [9.17, 15) is 28.4 Å². The zero-order chi connectivity index (χ0) is 14.2. The van der Waals surface area contributed by atoms with Crippen molar-refractivity contribution in [3.63, 3.8) is 0 Å². The first-order valence-corrected chi connectivity index (χ1v) is 5.81. The van der Waals surface area contributed by atoms with E-state index in [0.717, 1.165) is 25.0 Å². The van der Waals surface area contributed by atoms with Gasteiger partial charge in [-0.2, -0.15) is 13.2 Å². The summed E-state index contributed by atoms with van der Waals surface area (Å²) in [7, 11) is 0. The number of rotatable bonds is 4. The van der Waals surface area contributed by atoms with Crippen LogP contribution in [0.5, 0.6) is 0 Å². The third-order valence-corrected chi connectivity index (χ3v) is 3.20. The standard InChI is InChI=1S/C12H12F3NO3/c13-12(14,15)9-4-3-8(10(6-9)16(18)19)5-11(17)7-1-2-7/h3-4,6-7,11,17H,1-2,5H2. The number of benzene rings is 1. The van der Waals surface area contributed by atoms with Gasteiger partial charge in [-0.25, -0.2) is 0 Å². The summed E-state index contributed by atoms with van der Waals surface area (Å²) in [5.74, 6) is 0.113. The molecule has 1 unspecified atom stereocenters. The first kappa shape index (κ1) is 13.8. The number of halogens is 3. The van der Waals surface area contributed by atoms with Gasteiger partial charge in [0, 0.05) is 18.1 Å². The molecule has 7 heteroatoms. The van der Waals surface area contributed by atoms with Gasteiger partial charge in [0.05, 0.1) is 16.6 Å². The number of aliphatic hydroxyl groups is 1.